The highest BCUT2D eigenvalue weighted by atomic mass is 79.9. The van der Waals surface area contributed by atoms with E-state index in [1.54, 1.807) is 12.1 Å². The van der Waals surface area contributed by atoms with E-state index in [1.165, 1.54) is 0 Å². The topological polar surface area (TPSA) is 79.8 Å². The van der Waals surface area contributed by atoms with Crippen molar-refractivity contribution >= 4 is 39.1 Å². The van der Waals surface area contributed by atoms with Gasteiger partial charge in [0.05, 0.1) is 10.2 Å². The van der Waals surface area contributed by atoms with Crippen molar-refractivity contribution in [1.29, 1.82) is 0 Å². The molecular formula is C28H28BrN3O3. The first-order valence-corrected chi connectivity index (χ1v) is 12.5. The lowest BCUT2D eigenvalue weighted by Gasteiger charge is -2.11. The minimum atomic E-state index is -0.289. The third-order valence-electron chi connectivity index (χ3n) is 6.07. The Labute approximate surface area is 213 Å². The third-order valence-corrected chi connectivity index (χ3v) is 6.72. The van der Waals surface area contributed by atoms with E-state index < -0.39 is 0 Å². The molecule has 0 aromatic heterocycles. The normalized spacial score (nSPS) is 13.9. The molecule has 1 aliphatic carbocycles. The lowest BCUT2D eigenvalue weighted by Crippen LogP contribution is -2.20. The van der Waals surface area contributed by atoms with Crippen molar-refractivity contribution in [3.63, 3.8) is 0 Å². The average Bonchev–Trinajstić information content (AvgIpc) is 3.43. The lowest BCUT2D eigenvalue weighted by molar-refractivity contribution is -0.119. The van der Waals surface area contributed by atoms with Gasteiger partial charge in [-0.15, -0.1) is 0 Å². The number of benzene rings is 3. The van der Waals surface area contributed by atoms with E-state index in [1.807, 2.05) is 67.6 Å². The van der Waals surface area contributed by atoms with Crippen molar-refractivity contribution < 1.29 is 14.3 Å². The molecule has 7 heteroatoms. The molecule has 0 spiro atoms. The van der Waals surface area contributed by atoms with Crippen LogP contribution in [-0.4, -0.2) is 17.5 Å². The highest BCUT2D eigenvalue weighted by Crippen LogP contribution is 2.26. The van der Waals surface area contributed by atoms with Crippen molar-refractivity contribution in [1.82, 2.24) is 5.43 Å². The Morgan fingerprint density at radius 2 is 1.60 bits per heavy atom. The summed E-state index contributed by atoms with van der Waals surface area (Å²) in [6.07, 6.45) is 4.20. The number of carbonyl (C=O) groups is 2. The second kappa shape index (κ2) is 11.8. The molecule has 1 saturated carbocycles. The number of para-hydroxylation sites is 1. The second-order valence-corrected chi connectivity index (χ2v) is 9.46. The molecule has 1 fully saturated rings. The second-order valence-electron chi connectivity index (χ2n) is 8.60. The van der Waals surface area contributed by atoms with Crippen molar-refractivity contribution in [2.24, 2.45) is 11.0 Å². The van der Waals surface area contributed by atoms with Crippen molar-refractivity contribution in [3.8, 4) is 5.75 Å². The quantitative estimate of drug-likeness (QED) is 0.263. The van der Waals surface area contributed by atoms with Gasteiger partial charge in [-0.2, -0.15) is 5.10 Å². The fourth-order valence-corrected chi connectivity index (χ4v) is 4.37. The van der Waals surface area contributed by atoms with Crippen LogP contribution in [0, 0.1) is 5.92 Å². The number of carbonyl (C=O) groups excluding carboxylic acids is 2. The van der Waals surface area contributed by atoms with Gasteiger partial charge in [0.1, 0.15) is 12.4 Å². The van der Waals surface area contributed by atoms with Gasteiger partial charge in [0.15, 0.2) is 0 Å². The molecule has 0 radical (unpaired) electrons. The van der Waals surface area contributed by atoms with Crippen LogP contribution in [0.15, 0.2) is 82.4 Å². The molecule has 0 saturated heterocycles. The molecule has 6 nitrogen and oxygen atoms in total. The van der Waals surface area contributed by atoms with Gasteiger partial charge < -0.3 is 10.1 Å². The summed E-state index contributed by atoms with van der Waals surface area (Å²) in [6, 6.07) is 22.4. The molecule has 35 heavy (non-hydrogen) atoms. The fraction of sp³-hybridized carbons (Fsp3) is 0.250. The largest absolute Gasteiger partial charge is 0.488 e. The van der Waals surface area contributed by atoms with Crippen LogP contribution in [0.5, 0.6) is 5.75 Å². The van der Waals surface area contributed by atoms with Gasteiger partial charge in [0, 0.05) is 17.2 Å². The molecule has 4 rings (SSSR count). The van der Waals surface area contributed by atoms with Crippen LogP contribution in [0.3, 0.4) is 0 Å². The van der Waals surface area contributed by atoms with Gasteiger partial charge in [0.2, 0.25) is 5.91 Å². The van der Waals surface area contributed by atoms with Crippen molar-refractivity contribution in [3.05, 3.63) is 94.0 Å². The van der Waals surface area contributed by atoms with E-state index in [0.29, 0.717) is 17.9 Å². The first-order valence-electron chi connectivity index (χ1n) is 11.7. The van der Waals surface area contributed by atoms with Crippen LogP contribution in [0.25, 0.3) is 0 Å². The number of amides is 2. The maximum absolute atomic E-state index is 12.5. The molecule has 2 N–H and O–H groups in total. The summed E-state index contributed by atoms with van der Waals surface area (Å²) in [5, 5.41) is 7.22. The Bertz CT molecular complexity index is 1200. The number of nitrogens with zero attached hydrogens (tertiary/aromatic N) is 1. The van der Waals surface area contributed by atoms with Gasteiger partial charge in [-0.25, -0.2) is 5.43 Å². The number of hydrazone groups is 1. The zero-order valence-electron chi connectivity index (χ0n) is 19.6. The van der Waals surface area contributed by atoms with Crippen LogP contribution in [0.4, 0.5) is 5.69 Å². The van der Waals surface area contributed by atoms with E-state index >= 15 is 0 Å². The van der Waals surface area contributed by atoms with Crippen LogP contribution < -0.4 is 15.5 Å². The number of hydrogen-bond acceptors (Lipinski definition) is 4. The Hall–Kier alpha value is -3.45. The maximum Gasteiger partial charge on any atom is 0.271 e. The Balaban J connectivity index is 1.29. The predicted molar refractivity (Wildman–Crippen MR) is 142 cm³/mol. The summed E-state index contributed by atoms with van der Waals surface area (Å²) in [5.74, 6) is 0.700. The van der Waals surface area contributed by atoms with E-state index in [9.17, 15) is 9.59 Å². The Morgan fingerprint density at radius 3 is 2.29 bits per heavy atom. The van der Waals surface area contributed by atoms with E-state index in [-0.39, 0.29) is 17.7 Å². The summed E-state index contributed by atoms with van der Waals surface area (Å²) in [6.45, 7) is 2.23. The molecule has 0 atom stereocenters. The van der Waals surface area contributed by atoms with Crippen LogP contribution >= 0.6 is 15.9 Å². The molecule has 0 heterocycles. The van der Waals surface area contributed by atoms with Gasteiger partial charge >= 0.3 is 0 Å². The minimum absolute atomic E-state index is 0.0958. The smallest absolute Gasteiger partial charge is 0.271 e. The zero-order chi connectivity index (χ0) is 24.6. The number of rotatable bonds is 8. The average molecular weight is 534 g/mol. The number of anilines is 1. The summed E-state index contributed by atoms with van der Waals surface area (Å²) in [5.41, 5.74) is 6.38. The summed E-state index contributed by atoms with van der Waals surface area (Å²) in [4.78, 5) is 24.8. The lowest BCUT2D eigenvalue weighted by atomic mass is 10.1. The van der Waals surface area contributed by atoms with E-state index in [2.05, 4.69) is 31.8 Å². The predicted octanol–water partition coefficient (Wildman–Crippen LogP) is 6.31. The van der Waals surface area contributed by atoms with Gasteiger partial charge in [-0.1, -0.05) is 49.2 Å². The molecule has 3 aromatic carbocycles. The Morgan fingerprint density at radius 1 is 0.943 bits per heavy atom. The number of nitrogens with one attached hydrogen (secondary N) is 2. The molecular weight excluding hydrogens is 506 g/mol. The van der Waals surface area contributed by atoms with Gasteiger partial charge in [-0.3, -0.25) is 9.59 Å². The molecule has 1 aliphatic rings. The molecule has 0 aliphatic heterocycles. The highest BCUT2D eigenvalue weighted by Gasteiger charge is 2.22. The fourth-order valence-electron chi connectivity index (χ4n) is 3.97. The van der Waals surface area contributed by atoms with Gasteiger partial charge in [-0.05, 0) is 83.2 Å². The SMILES string of the molecule is C/C(=N/NC(=O)c1ccc(COc2ccccc2Br)cc1)c1ccc(NC(=O)C2CCCC2)cc1. The standard InChI is InChI=1S/C28H28BrN3O3/c1-19(21-14-16-24(17-15-21)30-27(33)22-6-2-3-7-22)31-32-28(34)23-12-10-20(11-13-23)18-35-26-9-5-4-8-25(26)29/h4-5,8-17,22H,2-3,6-7,18H2,1H3,(H,30,33)(H,32,34)/b31-19-. The Kier molecular flexibility index (Phi) is 8.32. The van der Waals surface area contributed by atoms with Crippen LogP contribution in [-0.2, 0) is 11.4 Å². The monoisotopic (exact) mass is 533 g/mol. The maximum atomic E-state index is 12.5. The minimum Gasteiger partial charge on any atom is -0.488 e. The van der Waals surface area contributed by atoms with Crippen molar-refractivity contribution in [2.75, 3.05) is 5.32 Å². The molecule has 0 bridgehead atoms. The van der Waals surface area contributed by atoms with Gasteiger partial charge in [0.25, 0.3) is 5.91 Å². The number of halogens is 1. The van der Waals surface area contributed by atoms with E-state index in [4.69, 9.17) is 4.74 Å². The molecule has 180 valence electrons. The third kappa shape index (κ3) is 6.79. The molecule has 3 aromatic rings. The van der Waals surface area contributed by atoms with Crippen LogP contribution in [0.1, 0.15) is 54.1 Å². The van der Waals surface area contributed by atoms with E-state index in [0.717, 1.165) is 52.7 Å². The summed E-state index contributed by atoms with van der Waals surface area (Å²) < 4.78 is 6.71. The molecule has 2 amide bonds. The number of ether oxygens (including phenoxy) is 1. The summed E-state index contributed by atoms with van der Waals surface area (Å²) >= 11 is 3.46. The summed E-state index contributed by atoms with van der Waals surface area (Å²) in [7, 11) is 0. The highest BCUT2D eigenvalue weighted by molar-refractivity contribution is 9.10. The zero-order valence-corrected chi connectivity index (χ0v) is 21.2. The number of hydrogen-bond donors (Lipinski definition) is 2. The first-order chi connectivity index (χ1) is 17.0. The molecule has 0 unspecified atom stereocenters. The van der Waals surface area contributed by atoms with Crippen LogP contribution in [0.2, 0.25) is 0 Å². The van der Waals surface area contributed by atoms with Crippen molar-refractivity contribution in [2.45, 2.75) is 39.2 Å². The first kappa shape index (κ1) is 24.7.